The van der Waals surface area contributed by atoms with Crippen LogP contribution in [0.15, 0.2) is 30.3 Å². The van der Waals surface area contributed by atoms with Crippen molar-refractivity contribution in [2.24, 2.45) is 0 Å². The van der Waals surface area contributed by atoms with E-state index in [9.17, 15) is 4.79 Å². The van der Waals surface area contributed by atoms with Gasteiger partial charge in [-0.05, 0) is 12.1 Å². The van der Waals surface area contributed by atoms with Gasteiger partial charge in [0.25, 0.3) is 0 Å². The summed E-state index contributed by atoms with van der Waals surface area (Å²) in [5, 5.41) is 0. The molecule has 2 rings (SSSR count). The van der Waals surface area contributed by atoms with Gasteiger partial charge in [-0.1, -0.05) is 18.2 Å². The van der Waals surface area contributed by atoms with Gasteiger partial charge in [0.1, 0.15) is 0 Å². The first kappa shape index (κ1) is 12.7. The molecule has 19 heavy (non-hydrogen) atoms. The lowest BCUT2D eigenvalue weighted by Crippen LogP contribution is -2.11. The number of nitrogens with zero attached hydrogens (tertiary/aromatic N) is 3. The lowest BCUT2D eigenvalue weighted by atomic mass is 10.2. The van der Waals surface area contributed by atoms with Crippen LogP contribution in [0.5, 0.6) is 18.0 Å². The zero-order chi connectivity index (χ0) is 13.7. The minimum Gasteiger partial charge on any atom is -0.467 e. The summed E-state index contributed by atoms with van der Waals surface area (Å²) in [6.45, 7) is 0. The Morgan fingerprint density at radius 3 is 1.95 bits per heavy atom. The van der Waals surface area contributed by atoms with Crippen LogP contribution in [0.25, 0.3) is 0 Å². The van der Waals surface area contributed by atoms with Gasteiger partial charge in [-0.2, -0.15) is 0 Å². The second kappa shape index (κ2) is 5.76. The highest BCUT2D eigenvalue weighted by Gasteiger charge is 2.13. The fraction of sp³-hybridized carbons (Fsp3) is 0.167. The summed E-state index contributed by atoms with van der Waals surface area (Å²) >= 11 is 0. The van der Waals surface area contributed by atoms with Crippen LogP contribution >= 0.6 is 0 Å². The van der Waals surface area contributed by atoms with E-state index in [-0.39, 0.29) is 18.0 Å². The average Bonchev–Trinajstić information content (AvgIpc) is 2.47. The predicted molar refractivity (Wildman–Crippen MR) is 64.3 cm³/mol. The zero-order valence-corrected chi connectivity index (χ0v) is 10.4. The quantitative estimate of drug-likeness (QED) is 0.762. The molecule has 0 aliphatic carbocycles. The van der Waals surface area contributed by atoms with E-state index in [4.69, 9.17) is 14.2 Å². The van der Waals surface area contributed by atoms with E-state index in [1.807, 2.05) is 0 Å². The molecule has 0 radical (unpaired) electrons. The normalized spacial score (nSPS) is 9.79. The van der Waals surface area contributed by atoms with E-state index in [0.29, 0.717) is 5.56 Å². The Morgan fingerprint density at radius 2 is 1.42 bits per heavy atom. The maximum atomic E-state index is 11.8. The number of ether oxygens (including phenoxy) is 3. The molecule has 1 aromatic heterocycles. The first-order chi connectivity index (χ1) is 9.22. The van der Waals surface area contributed by atoms with Crippen LogP contribution in [0.2, 0.25) is 0 Å². The van der Waals surface area contributed by atoms with Gasteiger partial charge in [0, 0.05) is 0 Å². The monoisotopic (exact) mass is 261 g/mol. The third-order valence-electron chi connectivity index (χ3n) is 2.13. The Balaban J connectivity index is 2.21. The molecule has 2 aromatic rings. The van der Waals surface area contributed by atoms with E-state index in [2.05, 4.69) is 15.0 Å². The number of carbonyl (C=O) groups excluding carboxylic acids is 1. The van der Waals surface area contributed by atoms with Gasteiger partial charge < -0.3 is 14.2 Å². The third kappa shape index (κ3) is 3.15. The van der Waals surface area contributed by atoms with E-state index < -0.39 is 5.97 Å². The van der Waals surface area contributed by atoms with Gasteiger partial charge >= 0.3 is 24.0 Å². The number of methoxy groups -OCH3 is 2. The molecule has 0 aliphatic rings. The molecule has 0 saturated heterocycles. The van der Waals surface area contributed by atoms with Crippen molar-refractivity contribution in [2.75, 3.05) is 14.2 Å². The zero-order valence-electron chi connectivity index (χ0n) is 10.4. The number of benzene rings is 1. The summed E-state index contributed by atoms with van der Waals surface area (Å²) in [5.41, 5.74) is 0.390. The summed E-state index contributed by atoms with van der Waals surface area (Å²) in [4.78, 5) is 23.2. The summed E-state index contributed by atoms with van der Waals surface area (Å²) in [6.07, 6.45) is 0. The van der Waals surface area contributed by atoms with E-state index in [0.717, 1.165) is 0 Å². The van der Waals surface area contributed by atoms with Gasteiger partial charge in [-0.3, -0.25) is 0 Å². The summed E-state index contributed by atoms with van der Waals surface area (Å²) < 4.78 is 14.7. The Kier molecular flexibility index (Phi) is 3.87. The first-order valence-corrected chi connectivity index (χ1v) is 5.34. The summed E-state index contributed by atoms with van der Waals surface area (Å²) in [7, 11) is 2.77. The molecule has 1 aromatic carbocycles. The van der Waals surface area contributed by atoms with Crippen molar-refractivity contribution >= 4 is 5.97 Å². The molecule has 0 N–H and O–H groups in total. The van der Waals surface area contributed by atoms with Gasteiger partial charge in [-0.25, -0.2) is 4.79 Å². The molecule has 98 valence electrons. The van der Waals surface area contributed by atoms with Crippen molar-refractivity contribution in [3.8, 4) is 18.0 Å². The Hall–Kier alpha value is -2.70. The highest BCUT2D eigenvalue weighted by atomic mass is 16.6. The largest absolute Gasteiger partial charge is 0.467 e. The fourth-order valence-electron chi connectivity index (χ4n) is 1.26. The van der Waals surface area contributed by atoms with Crippen LogP contribution < -0.4 is 14.2 Å². The van der Waals surface area contributed by atoms with Gasteiger partial charge in [-0.15, -0.1) is 15.0 Å². The van der Waals surface area contributed by atoms with Crippen LogP contribution in [0, 0.1) is 0 Å². The highest BCUT2D eigenvalue weighted by molar-refractivity contribution is 5.90. The highest BCUT2D eigenvalue weighted by Crippen LogP contribution is 2.15. The molecular formula is C12H11N3O4. The number of carbonyl (C=O) groups is 1. The van der Waals surface area contributed by atoms with E-state index >= 15 is 0 Å². The van der Waals surface area contributed by atoms with Gasteiger partial charge in [0.15, 0.2) is 0 Å². The van der Waals surface area contributed by atoms with Crippen molar-refractivity contribution in [1.82, 2.24) is 15.0 Å². The number of rotatable bonds is 4. The molecule has 0 unspecified atom stereocenters. The lowest BCUT2D eigenvalue weighted by molar-refractivity contribution is 0.0716. The minimum atomic E-state index is -0.573. The molecule has 0 bridgehead atoms. The van der Waals surface area contributed by atoms with Crippen molar-refractivity contribution in [3.05, 3.63) is 35.9 Å². The van der Waals surface area contributed by atoms with E-state index in [1.54, 1.807) is 30.3 Å². The summed E-state index contributed by atoms with van der Waals surface area (Å²) in [5.74, 6) is -0.573. The van der Waals surface area contributed by atoms with Crippen LogP contribution in [0.4, 0.5) is 0 Å². The van der Waals surface area contributed by atoms with Crippen molar-refractivity contribution in [2.45, 2.75) is 0 Å². The van der Waals surface area contributed by atoms with Crippen LogP contribution in [0.1, 0.15) is 10.4 Å². The standard InChI is InChI=1S/C12H11N3O4/c1-17-10-13-11(18-2)15-12(14-10)19-9(16)8-6-4-3-5-7-8/h3-7H,1-2H3. The second-order valence-corrected chi connectivity index (χ2v) is 3.35. The maximum Gasteiger partial charge on any atom is 0.345 e. The molecular weight excluding hydrogens is 250 g/mol. The molecule has 0 fully saturated rings. The number of hydrogen-bond donors (Lipinski definition) is 0. The fourth-order valence-corrected chi connectivity index (χ4v) is 1.26. The van der Waals surface area contributed by atoms with Crippen LogP contribution in [-0.2, 0) is 0 Å². The van der Waals surface area contributed by atoms with Crippen LogP contribution in [0.3, 0.4) is 0 Å². The molecule has 0 saturated carbocycles. The average molecular weight is 261 g/mol. The SMILES string of the molecule is COc1nc(OC)nc(OC(=O)c2ccccc2)n1. The van der Waals surface area contributed by atoms with Crippen molar-refractivity contribution in [3.63, 3.8) is 0 Å². The third-order valence-corrected chi connectivity index (χ3v) is 2.13. The molecule has 0 atom stereocenters. The second-order valence-electron chi connectivity index (χ2n) is 3.35. The minimum absolute atomic E-state index is 0.00251. The maximum absolute atomic E-state index is 11.8. The molecule has 0 amide bonds. The lowest BCUT2D eigenvalue weighted by Gasteiger charge is -2.05. The van der Waals surface area contributed by atoms with Gasteiger partial charge in [0.2, 0.25) is 0 Å². The number of esters is 1. The smallest absolute Gasteiger partial charge is 0.345 e. The Labute approximate surface area is 109 Å². The molecule has 0 spiro atoms. The van der Waals surface area contributed by atoms with E-state index in [1.165, 1.54) is 14.2 Å². The molecule has 0 aliphatic heterocycles. The molecule has 7 heteroatoms. The Bertz CT molecular complexity index is 552. The predicted octanol–water partition coefficient (Wildman–Crippen LogP) is 1.11. The van der Waals surface area contributed by atoms with Gasteiger partial charge in [0.05, 0.1) is 19.8 Å². The number of hydrogen-bond acceptors (Lipinski definition) is 7. The van der Waals surface area contributed by atoms with Crippen molar-refractivity contribution in [1.29, 1.82) is 0 Å². The van der Waals surface area contributed by atoms with Crippen LogP contribution in [-0.4, -0.2) is 35.1 Å². The molecule has 7 nitrogen and oxygen atoms in total. The first-order valence-electron chi connectivity index (χ1n) is 5.34. The topological polar surface area (TPSA) is 83.4 Å². The molecule has 1 heterocycles. The Morgan fingerprint density at radius 1 is 0.895 bits per heavy atom. The van der Waals surface area contributed by atoms with Crippen molar-refractivity contribution < 1.29 is 19.0 Å². The number of aromatic nitrogens is 3. The summed E-state index contributed by atoms with van der Waals surface area (Å²) in [6, 6.07) is 8.32.